The van der Waals surface area contributed by atoms with E-state index in [2.05, 4.69) is 22.4 Å². The highest BCUT2D eigenvalue weighted by Gasteiger charge is 2.01. The number of hydrogen-bond acceptors (Lipinski definition) is 5. The van der Waals surface area contributed by atoms with E-state index < -0.39 is 0 Å². The fourth-order valence-corrected chi connectivity index (χ4v) is 1.33. The standard InChI is InChI=1S/C7H14N4S/c1-3-6(8)4-9-7-11-10-5(2)12-7/h6H,3-4,8H2,1-2H3,(H,9,11). The van der Waals surface area contributed by atoms with E-state index in [1.165, 1.54) is 0 Å². The third-order valence-electron chi connectivity index (χ3n) is 1.57. The monoisotopic (exact) mass is 186 g/mol. The van der Waals surface area contributed by atoms with Crippen LogP contribution in [0.4, 0.5) is 5.13 Å². The van der Waals surface area contributed by atoms with Gasteiger partial charge < -0.3 is 11.1 Å². The van der Waals surface area contributed by atoms with Crippen molar-refractivity contribution in [1.29, 1.82) is 0 Å². The number of hydrogen-bond donors (Lipinski definition) is 2. The van der Waals surface area contributed by atoms with Crippen LogP contribution in [0, 0.1) is 6.92 Å². The van der Waals surface area contributed by atoms with E-state index in [9.17, 15) is 0 Å². The topological polar surface area (TPSA) is 63.8 Å². The summed E-state index contributed by atoms with van der Waals surface area (Å²) in [7, 11) is 0. The molecule has 68 valence electrons. The van der Waals surface area contributed by atoms with Gasteiger partial charge in [0.2, 0.25) is 5.13 Å². The molecule has 0 amide bonds. The highest BCUT2D eigenvalue weighted by molar-refractivity contribution is 7.15. The van der Waals surface area contributed by atoms with Gasteiger partial charge in [0.15, 0.2) is 0 Å². The Kier molecular flexibility index (Phi) is 3.43. The minimum absolute atomic E-state index is 0.203. The van der Waals surface area contributed by atoms with Crippen LogP contribution < -0.4 is 11.1 Å². The Balaban J connectivity index is 2.33. The summed E-state index contributed by atoms with van der Waals surface area (Å²) in [4.78, 5) is 0. The van der Waals surface area contributed by atoms with Crippen molar-refractivity contribution in [3.63, 3.8) is 0 Å². The Morgan fingerprint density at radius 2 is 2.33 bits per heavy atom. The molecule has 0 aliphatic carbocycles. The summed E-state index contributed by atoms with van der Waals surface area (Å²) in [5.41, 5.74) is 5.72. The van der Waals surface area contributed by atoms with E-state index in [0.29, 0.717) is 0 Å². The molecule has 1 aromatic rings. The molecule has 1 atom stereocenters. The molecule has 5 heteroatoms. The van der Waals surface area contributed by atoms with Gasteiger partial charge in [-0.15, -0.1) is 10.2 Å². The van der Waals surface area contributed by atoms with E-state index in [1.54, 1.807) is 11.3 Å². The van der Waals surface area contributed by atoms with Crippen molar-refractivity contribution in [1.82, 2.24) is 10.2 Å². The number of aromatic nitrogens is 2. The van der Waals surface area contributed by atoms with Crippen molar-refractivity contribution in [2.24, 2.45) is 5.73 Å². The molecule has 3 N–H and O–H groups in total. The van der Waals surface area contributed by atoms with Crippen LogP contribution in [0.25, 0.3) is 0 Å². The maximum Gasteiger partial charge on any atom is 0.205 e. The fourth-order valence-electron chi connectivity index (χ4n) is 0.731. The molecule has 0 aliphatic rings. The lowest BCUT2D eigenvalue weighted by atomic mass is 10.2. The van der Waals surface area contributed by atoms with Crippen molar-refractivity contribution in [3.8, 4) is 0 Å². The van der Waals surface area contributed by atoms with Gasteiger partial charge in [-0.1, -0.05) is 18.3 Å². The molecule has 0 aromatic carbocycles. The van der Waals surface area contributed by atoms with Crippen LogP contribution in [-0.4, -0.2) is 22.8 Å². The highest BCUT2D eigenvalue weighted by Crippen LogP contribution is 2.13. The van der Waals surface area contributed by atoms with Crippen LogP contribution in [0.2, 0.25) is 0 Å². The summed E-state index contributed by atoms with van der Waals surface area (Å²) < 4.78 is 0. The van der Waals surface area contributed by atoms with Gasteiger partial charge in [-0.05, 0) is 13.3 Å². The highest BCUT2D eigenvalue weighted by atomic mass is 32.1. The molecule has 0 spiro atoms. The fraction of sp³-hybridized carbons (Fsp3) is 0.714. The summed E-state index contributed by atoms with van der Waals surface area (Å²) in [6.07, 6.45) is 0.977. The van der Waals surface area contributed by atoms with Crippen LogP contribution in [0.3, 0.4) is 0 Å². The Hall–Kier alpha value is -0.680. The quantitative estimate of drug-likeness (QED) is 0.736. The van der Waals surface area contributed by atoms with Crippen molar-refractivity contribution >= 4 is 16.5 Å². The SMILES string of the molecule is CCC(N)CNc1nnc(C)s1. The van der Waals surface area contributed by atoms with Gasteiger partial charge in [0.05, 0.1) is 0 Å². The maximum absolute atomic E-state index is 5.72. The summed E-state index contributed by atoms with van der Waals surface area (Å²) in [6.45, 7) is 4.77. The molecule has 1 unspecified atom stereocenters. The molecule has 0 saturated heterocycles. The van der Waals surface area contributed by atoms with Gasteiger partial charge in [-0.25, -0.2) is 0 Å². The van der Waals surface area contributed by atoms with Crippen molar-refractivity contribution in [2.75, 3.05) is 11.9 Å². The van der Waals surface area contributed by atoms with Gasteiger partial charge in [-0.3, -0.25) is 0 Å². The van der Waals surface area contributed by atoms with Crippen LogP contribution in [0.1, 0.15) is 18.4 Å². The van der Waals surface area contributed by atoms with Crippen LogP contribution in [0.15, 0.2) is 0 Å². The van der Waals surface area contributed by atoms with Crippen molar-refractivity contribution < 1.29 is 0 Å². The number of nitrogens with one attached hydrogen (secondary N) is 1. The van der Waals surface area contributed by atoms with Crippen LogP contribution in [-0.2, 0) is 0 Å². The lowest BCUT2D eigenvalue weighted by molar-refractivity contribution is 0.678. The minimum Gasteiger partial charge on any atom is -0.359 e. The minimum atomic E-state index is 0.203. The summed E-state index contributed by atoms with van der Waals surface area (Å²) in [5.74, 6) is 0. The van der Waals surface area contributed by atoms with Crippen molar-refractivity contribution in [2.45, 2.75) is 26.3 Å². The second-order valence-electron chi connectivity index (χ2n) is 2.68. The van der Waals surface area contributed by atoms with E-state index in [1.807, 2.05) is 6.92 Å². The normalized spacial score (nSPS) is 12.9. The average Bonchev–Trinajstić information content (AvgIpc) is 2.47. The second-order valence-corrected chi connectivity index (χ2v) is 3.86. The van der Waals surface area contributed by atoms with Gasteiger partial charge in [-0.2, -0.15) is 0 Å². The predicted octanol–water partition coefficient (Wildman–Crippen LogP) is 0.996. The smallest absolute Gasteiger partial charge is 0.205 e. The Bertz CT molecular complexity index is 235. The molecule has 1 aromatic heterocycles. The first-order valence-corrected chi connectivity index (χ1v) is 4.83. The second kappa shape index (κ2) is 4.37. The number of nitrogens with two attached hydrogens (primary N) is 1. The average molecular weight is 186 g/mol. The number of aryl methyl sites for hydroxylation is 1. The first kappa shape index (κ1) is 9.41. The zero-order chi connectivity index (χ0) is 8.97. The molecule has 1 rings (SSSR count). The number of nitrogens with zero attached hydrogens (tertiary/aromatic N) is 2. The van der Waals surface area contributed by atoms with Crippen LogP contribution in [0.5, 0.6) is 0 Å². The Morgan fingerprint density at radius 3 is 2.83 bits per heavy atom. The Labute approximate surface area is 76.2 Å². The third kappa shape index (κ3) is 2.75. The lowest BCUT2D eigenvalue weighted by Gasteiger charge is -2.07. The lowest BCUT2D eigenvalue weighted by Crippen LogP contribution is -2.27. The maximum atomic E-state index is 5.72. The van der Waals surface area contributed by atoms with Crippen molar-refractivity contribution in [3.05, 3.63) is 5.01 Å². The van der Waals surface area contributed by atoms with Gasteiger partial charge >= 0.3 is 0 Å². The molecule has 12 heavy (non-hydrogen) atoms. The van der Waals surface area contributed by atoms with Gasteiger partial charge in [0, 0.05) is 12.6 Å². The van der Waals surface area contributed by atoms with E-state index in [0.717, 1.165) is 23.1 Å². The van der Waals surface area contributed by atoms with Gasteiger partial charge in [0.1, 0.15) is 5.01 Å². The van der Waals surface area contributed by atoms with Crippen LogP contribution >= 0.6 is 11.3 Å². The molecular weight excluding hydrogens is 172 g/mol. The summed E-state index contributed by atoms with van der Waals surface area (Å²) in [6, 6.07) is 0.203. The number of anilines is 1. The van der Waals surface area contributed by atoms with E-state index in [-0.39, 0.29) is 6.04 Å². The van der Waals surface area contributed by atoms with E-state index in [4.69, 9.17) is 5.73 Å². The first-order chi connectivity index (χ1) is 5.72. The third-order valence-corrected chi connectivity index (χ3v) is 2.36. The molecular formula is C7H14N4S. The molecule has 1 heterocycles. The van der Waals surface area contributed by atoms with Gasteiger partial charge in [0.25, 0.3) is 0 Å². The summed E-state index contributed by atoms with van der Waals surface area (Å²) >= 11 is 1.55. The number of rotatable bonds is 4. The molecule has 0 bridgehead atoms. The Morgan fingerprint density at radius 1 is 1.58 bits per heavy atom. The zero-order valence-corrected chi connectivity index (χ0v) is 8.19. The molecule has 0 fully saturated rings. The molecule has 0 radical (unpaired) electrons. The van der Waals surface area contributed by atoms with E-state index >= 15 is 0 Å². The first-order valence-electron chi connectivity index (χ1n) is 4.02. The predicted molar refractivity (Wildman–Crippen MR) is 51.4 cm³/mol. The molecule has 0 aliphatic heterocycles. The summed E-state index contributed by atoms with van der Waals surface area (Å²) in [5, 5.41) is 12.8. The largest absolute Gasteiger partial charge is 0.359 e. The molecule has 0 saturated carbocycles. The molecule has 4 nitrogen and oxygen atoms in total. The zero-order valence-electron chi connectivity index (χ0n) is 7.37.